The number of nitro groups is 1. The zero-order chi connectivity index (χ0) is 13.8. The Kier molecular flexibility index (Phi) is 3.65. The lowest BCUT2D eigenvalue weighted by molar-refractivity contribution is -0.384. The molecular formula is C12H11FN4O2. The SMILES string of the molecule is CCNc1ncc([N+](=O)[O-])c(-c2ccc(F)cc2)n1. The van der Waals surface area contributed by atoms with Crippen molar-refractivity contribution in [2.45, 2.75) is 6.92 Å². The Bertz CT molecular complexity index is 601. The van der Waals surface area contributed by atoms with Gasteiger partial charge in [0.2, 0.25) is 5.95 Å². The lowest BCUT2D eigenvalue weighted by Crippen LogP contribution is -2.04. The van der Waals surface area contributed by atoms with Crippen LogP contribution in [0.3, 0.4) is 0 Å². The number of nitrogens with one attached hydrogen (secondary N) is 1. The molecule has 0 aliphatic rings. The van der Waals surface area contributed by atoms with Crippen LogP contribution in [0.1, 0.15) is 6.92 Å². The van der Waals surface area contributed by atoms with E-state index in [1.54, 1.807) is 0 Å². The van der Waals surface area contributed by atoms with Gasteiger partial charge in [0.05, 0.1) is 4.92 Å². The molecule has 0 saturated heterocycles. The van der Waals surface area contributed by atoms with Crippen LogP contribution in [0.25, 0.3) is 11.3 Å². The van der Waals surface area contributed by atoms with Crippen LogP contribution >= 0.6 is 0 Å². The van der Waals surface area contributed by atoms with E-state index in [0.717, 1.165) is 6.20 Å². The molecule has 98 valence electrons. The highest BCUT2D eigenvalue weighted by Crippen LogP contribution is 2.28. The Balaban J connectivity index is 2.54. The van der Waals surface area contributed by atoms with E-state index in [-0.39, 0.29) is 11.4 Å². The number of hydrogen-bond acceptors (Lipinski definition) is 5. The molecule has 0 aliphatic heterocycles. The van der Waals surface area contributed by atoms with Gasteiger partial charge in [-0.3, -0.25) is 10.1 Å². The first-order valence-electron chi connectivity index (χ1n) is 5.63. The van der Waals surface area contributed by atoms with E-state index in [1.165, 1.54) is 24.3 Å². The number of hydrogen-bond donors (Lipinski definition) is 1. The fourth-order valence-corrected chi connectivity index (χ4v) is 1.57. The fraction of sp³-hybridized carbons (Fsp3) is 0.167. The molecule has 1 aromatic carbocycles. The molecule has 0 aliphatic carbocycles. The Morgan fingerprint density at radius 1 is 1.37 bits per heavy atom. The van der Waals surface area contributed by atoms with Crippen molar-refractivity contribution in [1.82, 2.24) is 9.97 Å². The van der Waals surface area contributed by atoms with Gasteiger partial charge in [0.1, 0.15) is 12.0 Å². The number of halogens is 1. The molecule has 0 fully saturated rings. The molecule has 7 heteroatoms. The summed E-state index contributed by atoms with van der Waals surface area (Å²) in [5.74, 6) is -0.111. The summed E-state index contributed by atoms with van der Waals surface area (Å²) in [5.41, 5.74) is 0.416. The summed E-state index contributed by atoms with van der Waals surface area (Å²) in [6.45, 7) is 2.46. The van der Waals surface area contributed by atoms with Crippen LogP contribution in [0.4, 0.5) is 16.0 Å². The van der Waals surface area contributed by atoms with Crippen molar-refractivity contribution in [3.8, 4) is 11.3 Å². The summed E-state index contributed by atoms with van der Waals surface area (Å²) in [7, 11) is 0. The van der Waals surface area contributed by atoms with Gasteiger partial charge in [-0.2, -0.15) is 0 Å². The maximum Gasteiger partial charge on any atom is 0.313 e. The number of nitrogens with zero attached hydrogens (tertiary/aromatic N) is 3. The third kappa shape index (κ3) is 2.82. The minimum atomic E-state index is -0.561. The van der Waals surface area contributed by atoms with Gasteiger partial charge in [0.15, 0.2) is 5.69 Å². The summed E-state index contributed by atoms with van der Waals surface area (Å²) < 4.78 is 12.9. The van der Waals surface area contributed by atoms with E-state index in [9.17, 15) is 14.5 Å². The molecule has 1 heterocycles. The average Bonchev–Trinajstić information content (AvgIpc) is 2.39. The molecule has 2 aromatic rings. The van der Waals surface area contributed by atoms with Gasteiger partial charge in [-0.05, 0) is 31.2 Å². The Morgan fingerprint density at radius 2 is 2.05 bits per heavy atom. The third-order valence-electron chi connectivity index (χ3n) is 2.42. The van der Waals surface area contributed by atoms with Crippen molar-refractivity contribution in [3.63, 3.8) is 0 Å². The molecule has 0 bridgehead atoms. The van der Waals surface area contributed by atoms with E-state index in [0.29, 0.717) is 18.1 Å². The Labute approximate surface area is 108 Å². The Morgan fingerprint density at radius 3 is 2.63 bits per heavy atom. The number of anilines is 1. The van der Waals surface area contributed by atoms with Crippen LogP contribution in [0.15, 0.2) is 30.5 Å². The van der Waals surface area contributed by atoms with Crippen LogP contribution in [-0.2, 0) is 0 Å². The highest BCUT2D eigenvalue weighted by molar-refractivity contribution is 5.69. The molecule has 0 atom stereocenters. The van der Waals surface area contributed by atoms with E-state index in [4.69, 9.17) is 0 Å². The summed E-state index contributed by atoms with van der Waals surface area (Å²) >= 11 is 0. The molecule has 0 spiro atoms. The molecule has 2 rings (SSSR count). The topological polar surface area (TPSA) is 81.0 Å². The first-order chi connectivity index (χ1) is 9.11. The predicted molar refractivity (Wildman–Crippen MR) is 68.2 cm³/mol. The second-order valence-corrected chi connectivity index (χ2v) is 3.72. The molecule has 19 heavy (non-hydrogen) atoms. The van der Waals surface area contributed by atoms with E-state index >= 15 is 0 Å². The van der Waals surface area contributed by atoms with Crippen LogP contribution in [0.5, 0.6) is 0 Å². The van der Waals surface area contributed by atoms with Crippen molar-refractivity contribution < 1.29 is 9.31 Å². The minimum Gasteiger partial charge on any atom is -0.354 e. The second-order valence-electron chi connectivity index (χ2n) is 3.72. The first kappa shape index (κ1) is 12.9. The highest BCUT2D eigenvalue weighted by Gasteiger charge is 2.18. The molecule has 0 saturated carbocycles. The molecule has 0 amide bonds. The minimum absolute atomic E-state index is 0.163. The maximum absolute atomic E-state index is 12.9. The van der Waals surface area contributed by atoms with E-state index in [1.807, 2.05) is 6.92 Å². The third-order valence-corrected chi connectivity index (χ3v) is 2.42. The van der Waals surface area contributed by atoms with Gasteiger partial charge in [0.25, 0.3) is 0 Å². The van der Waals surface area contributed by atoms with E-state index < -0.39 is 10.7 Å². The second kappa shape index (κ2) is 5.38. The summed E-state index contributed by atoms with van der Waals surface area (Å²) in [6, 6.07) is 5.35. The molecule has 1 N–H and O–H groups in total. The van der Waals surface area contributed by atoms with Gasteiger partial charge in [0, 0.05) is 12.1 Å². The molecular weight excluding hydrogens is 251 g/mol. The van der Waals surface area contributed by atoms with Gasteiger partial charge < -0.3 is 5.32 Å². The van der Waals surface area contributed by atoms with E-state index in [2.05, 4.69) is 15.3 Å². The number of aromatic nitrogens is 2. The molecule has 0 unspecified atom stereocenters. The molecule has 0 radical (unpaired) electrons. The quantitative estimate of drug-likeness (QED) is 0.676. The largest absolute Gasteiger partial charge is 0.354 e. The van der Waals surface area contributed by atoms with Crippen molar-refractivity contribution in [2.24, 2.45) is 0 Å². The average molecular weight is 262 g/mol. The van der Waals surface area contributed by atoms with Crippen LogP contribution in [0, 0.1) is 15.9 Å². The maximum atomic E-state index is 12.9. The molecule has 1 aromatic heterocycles. The molecule has 6 nitrogen and oxygen atoms in total. The zero-order valence-electron chi connectivity index (χ0n) is 10.1. The summed E-state index contributed by atoms with van der Waals surface area (Å²) in [4.78, 5) is 18.4. The lowest BCUT2D eigenvalue weighted by Gasteiger charge is -2.05. The number of benzene rings is 1. The normalized spacial score (nSPS) is 10.2. The number of rotatable bonds is 4. The van der Waals surface area contributed by atoms with Crippen LogP contribution < -0.4 is 5.32 Å². The van der Waals surface area contributed by atoms with Crippen molar-refractivity contribution in [1.29, 1.82) is 0 Å². The highest BCUT2D eigenvalue weighted by atomic mass is 19.1. The smallest absolute Gasteiger partial charge is 0.313 e. The van der Waals surface area contributed by atoms with Gasteiger partial charge >= 0.3 is 5.69 Å². The van der Waals surface area contributed by atoms with Crippen LogP contribution in [0.2, 0.25) is 0 Å². The zero-order valence-corrected chi connectivity index (χ0v) is 10.1. The predicted octanol–water partition coefficient (Wildman–Crippen LogP) is 2.62. The van der Waals surface area contributed by atoms with Gasteiger partial charge in [-0.25, -0.2) is 14.4 Å². The lowest BCUT2D eigenvalue weighted by atomic mass is 10.1. The van der Waals surface area contributed by atoms with Crippen molar-refractivity contribution >= 4 is 11.6 Å². The van der Waals surface area contributed by atoms with Crippen molar-refractivity contribution in [3.05, 3.63) is 46.4 Å². The monoisotopic (exact) mass is 262 g/mol. The summed E-state index contributed by atoms with van der Waals surface area (Å²) in [6.07, 6.45) is 1.14. The van der Waals surface area contributed by atoms with Crippen molar-refractivity contribution in [2.75, 3.05) is 11.9 Å². The first-order valence-corrected chi connectivity index (χ1v) is 5.63. The summed E-state index contributed by atoms with van der Waals surface area (Å²) in [5, 5.41) is 13.8. The van der Waals surface area contributed by atoms with Gasteiger partial charge in [-0.1, -0.05) is 0 Å². The fourth-order valence-electron chi connectivity index (χ4n) is 1.57. The standard InChI is InChI=1S/C12H11FN4O2/c1-2-14-12-15-7-10(17(18)19)11(16-12)8-3-5-9(13)6-4-8/h3-7H,2H2,1H3,(H,14,15,16). The van der Waals surface area contributed by atoms with Crippen LogP contribution in [-0.4, -0.2) is 21.4 Å². The Hall–Kier alpha value is -2.57. The van der Waals surface area contributed by atoms with Gasteiger partial charge in [-0.15, -0.1) is 0 Å².